The summed E-state index contributed by atoms with van der Waals surface area (Å²) in [7, 11) is -3.22. The Morgan fingerprint density at radius 2 is 2.29 bits per heavy atom. The first-order valence-electron chi connectivity index (χ1n) is 4.79. The van der Waals surface area contributed by atoms with Crippen molar-refractivity contribution >= 4 is 10.0 Å². The third kappa shape index (κ3) is 1.66. The molecule has 1 aliphatic carbocycles. The molecular formula is C8H13N3O2S. The molecule has 0 N–H and O–H groups in total. The van der Waals surface area contributed by atoms with E-state index in [-0.39, 0.29) is 5.25 Å². The van der Waals surface area contributed by atoms with Crippen molar-refractivity contribution in [3.05, 3.63) is 12.2 Å². The molecule has 1 aromatic rings. The molecule has 1 heterocycles. The highest BCUT2D eigenvalue weighted by Crippen LogP contribution is 2.29. The van der Waals surface area contributed by atoms with E-state index in [9.17, 15) is 8.42 Å². The topological polar surface area (TPSA) is 64.8 Å². The number of hydrogen-bond acceptors (Lipinski definition) is 4. The lowest BCUT2D eigenvalue weighted by Gasteiger charge is -1.99. The molecule has 0 atom stereocenters. The van der Waals surface area contributed by atoms with Gasteiger partial charge in [0.05, 0.1) is 5.25 Å². The van der Waals surface area contributed by atoms with Crippen molar-refractivity contribution in [3.63, 3.8) is 0 Å². The first kappa shape index (κ1) is 9.64. The minimum atomic E-state index is -3.22. The number of aromatic nitrogens is 3. The molecule has 14 heavy (non-hydrogen) atoms. The Kier molecular flexibility index (Phi) is 2.30. The van der Waals surface area contributed by atoms with Crippen LogP contribution in [0.15, 0.2) is 6.33 Å². The maximum absolute atomic E-state index is 11.7. The number of nitrogens with zero attached hydrogens (tertiary/aromatic N) is 3. The smallest absolute Gasteiger partial charge is 0.219 e. The molecule has 1 saturated carbocycles. The maximum atomic E-state index is 11.7. The fraction of sp³-hybridized carbons (Fsp3) is 0.750. The van der Waals surface area contributed by atoms with Crippen LogP contribution in [0.5, 0.6) is 0 Å². The molecule has 0 saturated heterocycles. The van der Waals surface area contributed by atoms with Crippen molar-refractivity contribution in [1.29, 1.82) is 0 Å². The standard InChI is InChI=1S/C8H13N3O2S/c1-2-3-8-9-6-11(10-8)14(12,13)7-4-5-7/h6-7H,2-5H2,1H3. The van der Waals surface area contributed by atoms with Gasteiger partial charge in [0.15, 0.2) is 5.82 Å². The van der Waals surface area contributed by atoms with Crippen LogP contribution in [-0.2, 0) is 16.4 Å². The highest BCUT2D eigenvalue weighted by atomic mass is 32.2. The second kappa shape index (κ2) is 3.34. The number of aryl methyl sites for hydroxylation is 1. The van der Waals surface area contributed by atoms with Crippen LogP contribution in [0.3, 0.4) is 0 Å². The summed E-state index contributed by atoms with van der Waals surface area (Å²) in [5.41, 5.74) is 0. The molecule has 2 rings (SSSR count). The van der Waals surface area contributed by atoms with Gasteiger partial charge in [-0.05, 0) is 19.3 Å². The fourth-order valence-corrected chi connectivity index (χ4v) is 2.68. The average Bonchev–Trinajstić information content (AvgIpc) is 2.89. The predicted molar refractivity (Wildman–Crippen MR) is 51.4 cm³/mol. The van der Waals surface area contributed by atoms with Crippen molar-refractivity contribution in [2.75, 3.05) is 0 Å². The molecular weight excluding hydrogens is 202 g/mol. The van der Waals surface area contributed by atoms with Crippen LogP contribution < -0.4 is 0 Å². The molecule has 1 aromatic heterocycles. The average molecular weight is 215 g/mol. The van der Waals surface area contributed by atoms with Gasteiger partial charge in [0, 0.05) is 6.42 Å². The Morgan fingerprint density at radius 3 is 2.86 bits per heavy atom. The van der Waals surface area contributed by atoms with E-state index in [2.05, 4.69) is 10.1 Å². The summed E-state index contributed by atoms with van der Waals surface area (Å²) in [6.07, 6.45) is 4.47. The van der Waals surface area contributed by atoms with Gasteiger partial charge in [-0.1, -0.05) is 6.92 Å². The van der Waals surface area contributed by atoms with Crippen LogP contribution in [0.25, 0.3) is 0 Å². The monoisotopic (exact) mass is 215 g/mol. The molecule has 0 bridgehead atoms. The van der Waals surface area contributed by atoms with Crippen molar-refractivity contribution in [3.8, 4) is 0 Å². The third-order valence-corrected chi connectivity index (χ3v) is 4.21. The Balaban J connectivity index is 2.23. The lowest BCUT2D eigenvalue weighted by molar-refractivity contribution is 0.577. The molecule has 0 spiro atoms. The van der Waals surface area contributed by atoms with E-state index in [1.54, 1.807) is 0 Å². The van der Waals surface area contributed by atoms with Crippen molar-refractivity contribution < 1.29 is 8.42 Å². The molecule has 0 aromatic carbocycles. The highest BCUT2D eigenvalue weighted by Gasteiger charge is 2.37. The molecule has 78 valence electrons. The molecule has 0 unspecified atom stereocenters. The summed E-state index contributed by atoms with van der Waals surface area (Å²) in [6, 6.07) is 0. The van der Waals surface area contributed by atoms with Gasteiger partial charge in [0.25, 0.3) is 10.0 Å². The molecule has 1 aliphatic rings. The molecule has 1 fully saturated rings. The van der Waals surface area contributed by atoms with E-state index in [1.165, 1.54) is 6.33 Å². The van der Waals surface area contributed by atoms with Crippen LogP contribution in [0.1, 0.15) is 32.0 Å². The van der Waals surface area contributed by atoms with Gasteiger partial charge in [-0.25, -0.2) is 13.4 Å². The lowest BCUT2D eigenvalue weighted by atomic mass is 10.3. The summed E-state index contributed by atoms with van der Waals surface area (Å²) in [5.74, 6) is 0.608. The maximum Gasteiger partial charge on any atom is 0.258 e. The Hall–Kier alpha value is -0.910. The molecule has 5 nitrogen and oxygen atoms in total. The normalized spacial score (nSPS) is 17.2. The van der Waals surface area contributed by atoms with Crippen LogP contribution >= 0.6 is 0 Å². The summed E-state index contributed by atoms with van der Waals surface area (Å²) in [4.78, 5) is 3.96. The molecule has 0 radical (unpaired) electrons. The predicted octanol–water partition coefficient (Wildman–Crippen LogP) is 0.571. The molecule has 0 amide bonds. The van der Waals surface area contributed by atoms with Crippen molar-refractivity contribution in [2.24, 2.45) is 0 Å². The lowest BCUT2D eigenvalue weighted by Crippen LogP contribution is -2.18. The third-order valence-electron chi connectivity index (χ3n) is 2.20. The fourth-order valence-electron chi connectivity index (χ4n) is 1.26. The zero-order valence-electron chi connectivity index (χ0n) is 8.05. The van der Waals surface area contributed by atoms with Crippen molar-refractivity contribution in [1.82, 2.24) is 14.2 Å². The van der Waals surface area contributed by atoms with E-state index in [4.69, 9.17) is 0 Å². The van der Waals surface area contributed by atoms with Gasteiger partial charge in [0.1, 0.15) is 6.33 Å². The number of hydrogen-bond donors (Lipinski definition) is 0. The second-order valence-electron chi connectivity index (χ2n) is 3.53. The minimum Gasteiger partial charge on any atom is -0.219 e. The first-order chi connectivity index (χ1) is 6.64. The Morgan fingerprint density at radius 1 is 1.57 bits per heavy atom. The Bertz CT molecular complexity index is 420. The summed E-state index contributed by atoms with van der Waals surface area (Å²) >= 11 is 0. The number of rotatable bonds is 4. The van der Waals surface area contributed by atoms with Gasteiger partial charge in [0.2, 0.25) is 0 Å². The molecule has 0 aliphatic heterocycles. The molecule has 6 heteroatoms. The van der Waals surface area contributed by atoms with Crippen LogP contribution in [0, 0.1) is 0 Å². The minimum absolute atomic E-state index is 0.223. The van der Waals surface area contributed by atoms with E-state index >= 15 is 0 Å². The first-order valence-corrected chi connectivity index (χ1v) is 6.30. The van der Waals surface area contributed by atoms with Crippen LogP contribution in [0.4, 0.5) is 0 Å². The van der Waals surface area contributed by atoms with E-state index in [0.717, 1.165) is 29.8 Å². The highest BCUT2D eigenvalue weighted by molar-refractivity contribution is 7.90. The largest absolute Gasteiger partial charge is 0.258 e. The van der Waals surface area contributed by atoms with E-state index in [0.29, 0.717) is 5.82 Å². The van der Waals surface area contributed by atoms with Gasteiger partial charge >= 0.3 is 0 Å². The van der Waals surface area contributed by atoms with Gasteiger partial charge in [-0.3, -0.25) is 0 Å². The van der Waals surface area contributed by atoms with Gasteiger partial charge in [-0.15, -0.1) is 9.19 Å². The SMILES string of the molecule is CCCc1ncn(S(=O)(=O)C2CC2)n1. The summed E-state index contributed by atoms with van der Waals surface area (Å²) < 4.78 is 24.4. The van der Waals surface area contributed by atoms with Gasteiger partial charge < -0.3 is 0 Å². The second-order valence-corrected chi connectivity index (χ2v) is 5.60. The Labute approximate surface area is 83.2 Å². The van der Waals surface area contributed by atoms with Gasteiger partial charge in [-0.2, -0.15) is 0 Å². The van der Waals surface area contributed by atoms with Crippen LogP contribution in [-0.4, -0.2) is 27.8 Å². The summed E-state index contributed by atoms with van der Waals surface area (Å²) in [6.45, 7) is 2.01. The summed E-state index contributed by atoms with van der Waals surface area (Å²) in [5, 5.41) is 3.73. The zero-order valence-corrected chi connectivity index (χ0v) is 8.87. The van der Waals surface area contributed by atoms with E-state index in [1.807, 2.05) is 6.92 Å². The van der Waals surface area contributed by atoms with Crippen LogP contribution in [0.2, 0.25) is 0 Å². The zero-order chi connectivity index (χ0) is 10.2. The van der Waals surface area contributed by atoms with E-state index < -0.39 is 10.0 Å². The quantitative estimate of drug-likeness (QED) is 0.736. The van der Waals surface area contributed by atoms with Crippen molar-refractivity contribution in [2.45, 2.75) is 37.9 Å².